The molecule has 1 fully saturated rings. The zero-order valence-corrected chi connectivity index (χ0v) is 16.2. The lowest BCUT2D eigenvalue weighted by atomic mass is 9.77. The topological polar surface area (TPSA) is 102 Å². The van der Waals surface area contributed by atoms with Gasteiger partial charge in [0.15, 0.2) is 23.0 Å². The van der Waals surface area contributed by atoms with Crippen molar-refractivity contribution in [2.75, 3.05) is 13.6 Å². The summed E-state index contributed by atoms with van der Waals surface area (Å²) < 4.78 is 21.7. The molecule has 156 valence electrons. The van der Waals surface area contributed by atoms with Crippen molar-refractivity contribution in [3.63, 3.8) is 0 Å². The lowest BCUT2D eigenvalue weighted by Gasteiger charge is -2.31. The second kappa shape index (κ2) is 7.89. The van der Waals surface area contributed by atoms with E-state index >= 15 is 0 Å². The van der Waals surface area contributed by atoms with Crippen LogP contribution in [0.25, 0.3) is 6.08 Å². The van der Waals surface area contributed by atoms with Crippen LogP contribution in [0.2, 0.25) is 0 Å². The van der Waals surface area contributed by atoms with Crippen LogP contribution in [-0.4, -0.2) is 29.7 Å². The predicted molar refractivity (Wildman–Crippen MR) is 107 cm³/mol. The fraction of sp³-hybridized carbons (Fsp3) is 0.318. The van der Waals surface area contributed by atoms with Crippen LogP contribution in [0.1, 0.15) is 36.4 Å². The van der Waals surface area contributed by atoms with E-state index in [0.717, 1.165) is 41.7 Å². The summed E-state index contributed by atoms with van der Waals surface area (Å²) in [6.07, 6.45) is 4.45. The minimum Gasteiger partial charge on any atom is -0.454 e. The highest BCUT2D eigenvalue weighted by molar-refractivity contribution is 6.06. The van der Waals surface area contributed by atoms with Gasteiger partial charge in [0.2, 0.25) is 13.6 Å². The molecule has 8 heteroatoms. The highest BCUT2D eigenvalue weighted by atomic mass is 16.7. The molecule has 2 aromatic carbocycles. The van der Waals surface area contributed by atoms with Gasteiger partial charge in [-0.25, -0.2) is 0 Å². The number of oxime groups is 1. The first kappa shape index (κ1) is 18.8. The molecular weight excluding hydrogens is 388 g/mol. The standard InChI is InChI=1S/C22H22N2O6/c25-23-21-14(8-13-4-6-17-19(9-13)29-11-27-17)2-1-3-16(21)22(24-26)15-5-7-18-20(10-15)30-12-28-18/h4-10,16,22,24-26H,1-3,11-12H2/b14-8+,23-21-. The van der Waals surface area contributed by atoms with E-state index in [1.165, 1.54) is 0 Å². The fourth-order valence-electron chi connectivity index (χ4n) is 4.33. The molecule has 1 saturated carbocycles. The number of rotatable bonds is 4. The smallest absolute Gasteiger partial charge is 0.231 e. The number of hydrogen-bond acceptors (Lipinski definition) is 8. The van der Waals surface area contributed by atoms with Gasteiger partial charge in [-0.05, 0) is 66.3 Å². The zero-order chi connectivity index (χ0) is 20.5. The molecule has 3 aliphatic rings. The minimum absolute atomic E-state index is 0.186. The molecule has 0 saturated heterocycles. The van der Waals surface area contributed by atoms with Gasteiger partial charge in [0.25, 0.3) is 0 Å². The molecule has 0 bridgehead atoms. The fourth-order valence-corrected chi connectivity index (χ4v) is 4.33. The number of allylic oxidation sites excluding steroid dienone is 1. The summed E-state index contributed by atoms with van der Waals surface area (Å²) in [5.74, 6) is 2.53. The van der Waals surface area contributed by atoms with Gasteiger partial charge in [-0.3, -0.25) is 0 Å². The average molecular weight is 410 g/mol. The Hall–Kier alpha value is -3.23. The van der Waals surface area contributed by atoms with Gasteiger partial charge in [0, 0.05) is 5.92 Å². The van der Waals surface area contributed by atoms with E-state index < -0.39 is 6.04 Å². The first-order chi connectivity index (χ1) is 14.8. The van der Waals surface area contributed by atoms with Crippen molar-refractivity contribution in [3.05, 3.63) is 53.1 Å². The molecule has 1 aliphatic carbocycles. The predicted octanol–water partition coefficient (Wildman–Crippen LogP) is 3.88. The van der Waals surface area contributed by atoms with Crippen molar-refractivity contribution < 1.29 is 29.4 Å². The molecule has 2 unspecified atom stereocenters. The van der Waals surface area contributed by atoms with Crippen molar-refractivity contribution >= 4 is 11.8 Å². The molecule has 3 N–H and O–H groups in total. The van der Waals surface area contributed by atoms with E-state index in [1.807, 2.05) is 42.5 Å². The average Bonchev–Trinajstić information content (AvgIpc) is 3.43. The largest absolute Gasteiger partial charge is 0.454 e. The van der Waals surface area contributed by atoms with E-state index in [4.69, 9.17) is 18.9 Å². The third-order valence-electron chi connectivity index (χ3n) is 5.78. The highest BCUT2D eigenvalue weighted by Gasteiger charge is 2.33. The highest BCUT2D eigenvalue weighted by Crippen LogP contribution is 2.40. The monoisotopic (exact) mass is 410 g/mol. The van der Waals surface area contributed by atoms with Crippen LogP contribution >= 0.6 is 0 Å². The Morgan fingerprint density at radius 2 is 1.67 bits per heavy atom. The van der Waals surface area contributed by atoms with Crippen LogP contribution in [0, 0.1) is 5.92 Å². The van der Waals surface area contributed by atoms with Crippen molar-refractivity contribution in [1.29, 1.82) is 0 Å². The molecule has 8 nitrogen and oxygen atoms in total. The van der Waals surface area contributed by atoms with Crippen molar-refractivity contribution in [3.8, 4) is 23.0 Å². The quantitative estimate of drug-likeness (QED) is 0.519. The van der Waals surface area contributed by atoms with Crippen LogP contribution in [0.15, 0.2) is 47.1 Å². The Balaban J connectivity index is 1.45. The van der Waals surface area contributed by atoms with Crippen LogP contribution < -0.4 is 24.4 Å². The molecule has 2 heterocycles. The summed E-state index contributed by atoms with van der Waals surface area (Å²) in [5, 5.41) is 23.5. The number of nitrogens with zero attached hydrogens (tertiary/aromatic N) is 1. The molecule has 0 amide bonds. The first-order valence-electron chi connectivity index (χ1n) is 9.88. The number of fused-ring (bicyclic) bond motifs is 2. The van der Waals surface area contributed by atoms with Gasteiger partial charge in [0.1, 0.15) is 0 Å². The molecule has 5 rings (SSSR count). The maximum atomic E-state index is 9.97. The van der Waals surface area contributed by atoms with E-state index in [-0.39, 0.29) is 19.5 Å². The molecule has 0 aromatic heterocycles. The SMILES string of the molecule is O/N=C1/C(=C/c2ccc3c(c2)OCO3)CCCC1C(NO)c1ccc2c(c1)OCO2. The van der Waals surface area contributed by atoms with E-state index in [1.54, 1.807) is 0 Å². The Kier molecular flexibility index (Phi) is 4.94. The Morgan fingerprint density at radius 1 is 0.967 bits per heavy atom. The second-order valence-corrected chi connectivity index (χ2v) is 7.49. The van der Waals surface area contributed by atoms with Crippen LogP contribution in [0.5, 0.6) is 23.0 Å². The van der Waals surface area contributed by atoms with Gasteiger partial charge in [-0.2, -0.15) is 5.48 Å². The second-order valence-electron chi connectivity index (χ2n) is 7.49. The number of ether oxygens (including phenoxy) is 4. The van der Waals surface area contributed by atoms with E-state index in [9.17, 15) is 10.4 Å². The van der Waals surface area contributed by atoms with Crippen molar-refractivity contribution in [2.45, 2.75) is 25.3 Å². The van der Waals surface area contributed by atoms with Crippen molar-refractivity contribution in [2.24, 2.45) is 11.1 Å². The zero-order valence-electron chi connectivity index (χ0n) is 16.2. The van der Waals surface area contributed by atoms with Crippen LogP contribution in [0.4, 0.5) is 0 Å². The molecule has 2 aliphatic heterocycles. The van der Waals surface area contributed by atoms with Gasteiger partial charge >= 0.3 is 0 Å². The summed E-state index contributed by atoms with van der Waals surface area (Å²) in [6.45, 7) is 0.408. The summed E-state index contributed by atoms with van der Waals surface area (Å²) >= 11 is 0. The number of nitrogens with one attached hydrogen (secondary N) is 1. The van der Waals surface area contributed by atoms with Gasteiger partial charge in [-0.1, -0.05) is 17.3 Å². The van der Waals surface area contributed by atoms with Gasteiger partial charge in [-0.15, -0.1) is 0 Å². The van der Waals surface area contributed by atoms with Gasteiger partial charge in [0.05, 0.1) is 11.8 Å². The first-order valence-corrected chi connectivity index (χ1v) is 9.88. The van der Waals surface area contributed by atoms with Crippen LogP contribution in [0.3, 0.4) is 0 Å². The van der Waals surface area contributed by atoms with Gasteiger partial charge < -0.3 is 29.4 Å². The minimum atomic E-state index is -0.453. The van der Waals surface area contributed by atoms with Crippen molar-refractivity contribution in [1.82, 2.24) is 5.48 Å². The summed E-state index contributed by atoms with van der Waals surface area (Å²) in [6, 6.07) is 10.8. The van der Waals surface area contributed by atoms with Crippen LogP contribution in [-0.2, 0) is 0 Å². The Bertz CT molecular complexity index is 1020. The number of hydroxylamine groups is 1. The summed E-state index contributed by atoms with van der Waals surface area (Å²) in [4.78, 5) is 0. The summed E-state index contributed by atoms with van der Waals surface area (Å²) in [7, 11) is 0. The molecular formula is C22H22N2O6. The molecule has 0 spiro atoms. The maximum absolute atomic E-state index is 9.97. The normalized spacial score (nSPS) is 23.2. The maximum Gasteiger partial charge on any atom is 0.231 e. The summed E-state index contributed by atoms with van der Waals surface area (Å²) in [5.41, 5.74) is 5.66. The van der Waals surface area contributed by atoms with E-state index in [2.05, 4.69) is 10.6 Å². The Morgan fingerprint density at radius 3 is 2.40 bits per heavy atom. The lowest BCUT2D eigenvalue weighted by molar-refractivity contribution is 0.106. The Labute approximate surface area is 173 Å². The molecule has 0 radical (unpaired) electrons. The molecule has 2 atom stereocenters. The lowest BCUT2D eigenvalue weighted by Crippen LogP contribution is -2.34. The third kappa shape index (κ3) is 3.34. The molecule has 30 heavy (non-hydrogen) atoms. The molecule has 2 aromatic rings. The van der Waals surface area contributed by atoms with E-state index in [0.29, 0.717) is 23.0 Å². The number of hydrogen-bond donors (Lipinski definition) is 3. The third-order valence-corrected chi connectivity index (χ3v) is 5.78. The number of benzene rings is 2.